The third-order valence-corrected chi connectivity index (χ3v) is 5.72. The maximum Gasteiger partial charge on any atom is 0.307 e. The maximum atomic E-state index is 11.6. The van der Waals surface area contributed by atoms with Gasteiger partial charge in [-0.15, -0.1) is 0 Å². The highest BCUT2D eigenvalue weighted by Gasteiger charge is 2.43. The summed E-state index contributed by atoms with van der Waals surface area (Å²) in [5.74, 6) is -0.461. The average molecular weight is 291 g/mol. The van der Waals surface area contributed by atoms with Crippen LogP contribution in [0.25, 0.3) is 0 Å². The molecule has 1 N–H and O–H groups in total. The van der Waals surface area contributed by atoms with E-state index in [0.29, 0.717) is 0 Å². The van der Waals surface area contributed by atoms with Crippen molar-refractivity contribution in [1.82, 2.24) is 4.90 Å². The Kier molecular flexibility index (Phi) is 4.47. The van der Waals surface area contributed by atoms with Crippen LogP contribution in [0.3, 0.4) is 0 Å². The molecule has 0 saturated carbocycles. The molecule has 0 amide bonds. The Morgan fingerprint density at radius 1 is 1.37 bits per heavy atom. The quantitative estimate of drug-likeness (QED) is 0.710. The summed E-state index contributed by atoms with van der Waals surface area (Å²) in [6.45, 7) is 0.735. The van der Waals surface area contributed by atoms with E-state index in [1.54, 1.807) is 0 Å². The van der Waals surface area contributed by atoms with E-state index in [0.717, 1.165) is 25.8 Å². The number of hydrogen-bond donors (Lipinski definition) is 1. The van der Waals surface area contributed by atoms with Gasteiger partial charge in [0.15, 0.2) is 9.84 Å². The van der Waals surface area contributed by atoms with Gasteiger partial charge in [-0.05, 0) is 19.4 Å². The van der Waals surface area contributed by atoms with E-state index in [4.69, 9.17) is 0 Å². The van der Waals surface area contributed by atoms with Crippen molar-refractivity contribution in [1.29, 1.82) is 0 Å². The van der Waals surface area contributed by atoms with Gasteiger partial charge in [0.2, 0.25) is 0 Å². The minimum atomic E-state index is -3.16. The topological polar surface area (TPSA) is 83.9 Å². The molecule has 2 aliphatic rings. The SMILES string of the molecule is COC(=O)CC1CCCCN1C1CS(=O)(=O)CC1O. The van der Waals surface area contributed by atoms with Crippen molar-refractivity contribution < 1.29 is 23.1 Å². The highest BCUT2D eigenvalue weighted by atomic mass is 32.2. The summed E-state index contributed by atoms with van der Waals surface area (Å²) >= 11 is 0. The smallest absolute Gasteiger partial charge is 0.307 e. The monoisotopic (exact) mass is 291 g/mol. The van der Waals surface area contributed by atoms with E-state index < -0.39 is 15.9 Å². The summed E-state index contributed by atoms with van der Waals surface area (Å²) in [4.78, 5) is 13.4. The molecule has 7 heteroatoms. The van der Waals surface area contributed by atoms with Gasteiger partial charge in [-0.2, -0.15) is 0 Å². The van der Waals surface area contributed by atoms with Gasteiger partial charge < -0.3 is 9.84 Å². The molecular weight excluding hydrogens is 270 g/mol. The Balaban J connectivity index is 2.09. The minimum Gasteiger partial charge on any atom is -0.469 e. The fourth-order valence-corrected chi connectivity index (χ4v) is 4.89. The van der Waals surface area contributed by atoms with Gasteiger partial charge in [0.1, 0.15) is 0 Å². The Morgan fingerprint density at radius 3 is 2.68 bits per heavy atom. The van der Waals surface area contributed by atoms with Crippen LogP contribution in [0.5, 0.6) is 0 Å². The first-order chi connectivity index (χ1) is 8.93. The van der Waals surface area contributed by atoms with Gasteiger partial charge in [-0.3, -0.25) is 9.69 Å². The zero-order chi connectivity index (χ0) is 14.0. The number of piperidine rings is 1. The fourth-order valence-electron chi connectivity index (χ4n) is 3.08. The molecule has 2 rings (SSSR count). The van der Waals surface area contributed by atoms with Crippen molar-refractivity contribution in [2.75, 3.05) is 25.2 Å². The molecule has 3 unspecified atom stereocenters. The molecular formula is C12H21NO5S. The number of methoxy groups -OCH3 is 1. The van der Waals surface area contributed by atoms with Gasteiger partial charge in [0, 0.05) is 6.04 Å². The van der Waals surface area contributed by atoms with Gasteiger partial charge in [0.25, 0.3) is 0 Å². The molecule has 0 bridgehead atoms. The van der Waals surface area contributed by atoms with Crippen molar-refractivity contribution >= 4 is 15.8 Å². The van der Waals surface area contributed by atoms with Crippen molar-refractivity contribution in [2.24, 2.45) is 0 Å². The molecule has 2 saturated heterocycles. The second-order valence-corrected chi connectivity index (χ2v) is 7.53. The third kappa shape index (κ3) is 3.46. The van der Waals surface area contributed by atoms with Crippen LogP contribution in [0.15, 0.2) is 0 Å². The number of carbonyl (C=O) groups excluding carboxylic acids is 1. The molecule has 3 atom stereocenters. The van der Waals surface area contributed by atoms with E-state index >= 15 is 0 Å². The molecule has 110 valence electrons. The van der Waals surface area contributed by atoms with Crippen molar-refractivity contribution in [3.63, 3.8) is 0 Å². The zero-order valence-corrected chi connectivity index (χ0v) is 11.9. The van der Waals surface area contributed by atoms with Gasteiger partial charge in [-0.1, -0.05) is 6.42 Å². The molecule has 0 aromatic rings. The molecule has 2 heterocycles. The molecule has 0 radical (unpaired) electrons. The molecule has 0 aromatic carbocycles. The second-order valence-electron chi connectivity index (χ2n) is 5.38. The van der Waals surface area contributed by atoms with E-state index in [1.165, 1.54) is 7.11 Å². The number of likely N-dealkylation sites (tertiary alicyclic amines) is 1. The summed E-state index contributed by atoms with van der Waals surface area (Å²) in [6, 6.07) is -0.394. The lowest BCUT2D eigenvalue weighted by Crippen LogP contribution is -2.51. The summed E-state index contributed by atoms with van der Waals surface area (Å²) in [6.07, 6.45) is 2.26. The first-order valence-electron chi connectivity index (χ1n) is 6.64. The van der Waals surface area contributed by atoms with Crippen LogP contribution in [0, 0.1) is 0 Å². The van der Waals surface area contributed by atoms with Crippen LogP contribution in [0.4, 0.5) is 0 Å². The Hall–Kier alpha value is -0.660. The summed E-state index contributed by atoms with van der Waals surface area (Å²) < 4.78 is 27.9. The molecule has 0 spiro atoms. The average Bonchev–Trinajstić information content (AvgIpc) is 2.63. The third-order valence-electron chi connectivity index (χ3n) is 4.02. The minimum absolute atomic E-state index is 0.00810. The zero-order valence-electron chi connectivity index (χ0n) is 11.1. The van der Waals surface area contributed by atoms with E-state index in [9.17, 15) is 18.3 Å². The highest BCUT2D eigenvalue weighted by Crippen LogP contribution is 2.27. The molecule has 0 aliphatic carbocycles. The van der Waals surface area contributed by atoms with Crippen LogP contribution in [-0.2, 0) is 19.4 Å². The molecule has 19 heavy (non-hydrogen) atoms. The number of aliphatic hydroxyl groups is 1. The first kappa shape index (κ1) is 14.7. The highest BCUT2D eigenvalue weighted by molar-refractivity contribution is 7.91. The maximum absolute atomic E-state index is 11.6. The molecule has 2 aliphatic heterocycles. The van der Waals surface area contributed by atoms with Crippen LogP contribution in [-0.4, -0.2) is 67.7 Å². The Bertz CT molecular complexity index is 435. The van der Waals surface area contributed by atoms with Gasteiger partial charge in [0.05, 0.1) is 37.2 Å². The lowest BCUT2D eigenvalue weighted by atomic mass is 9.96. The largest absolute Gasteiger partial charge is 0.469 e. The standard InChI is InChI=1S/C12H21NO5S/c1-18-12(15)6-9-4-2-3-5-13(9)10-7-19(16,17)8-11(10)14/h9-11,14H,2-8H2,1H3. The normalized spacial score (nSPS) is 35.2. The van der Waals surface area contributed by atoms with E-state index in [1.807, 2.05) is 4.90 Å². The number of nitrogens with zero attached hydrogens (tertiary/aromatic N) is 1. The van der Waals surface area contributed by atoms with Crippen LogP contribution in [0.2, 0.25) is 0 Å². The number of aliphatic hydroxyl groups excluding tert-OH is 1. The lowest BCUT2D eigenvalue weighted by Gasteiger charge is -2.40. The van der Waals surface area contributed by atoms with Gasteiger partial charge >= 0.3 is 5.97 Å². The molecule has 2 fully saturated rings. The summed E-state index contributed by atoms with van der Waals surface area (Å²) in [7, 11) is -1.81. The van der Waals surface area contributed by atoms with Crippen LogP contribution < -0.4 is 0 Å². The van der Waals surface area contributed by atoms with Crippen molar-refractivity contribution in [3.8, 4) is 0 Å². The number of rotatable bonds is 3. The van der Waals surface area contributed by atoms with Gasteiger partial charge in [-0.25, -0.2) is 8.42 Å². The van der Waals surface area contributed by atoms with E-state index in [2.05, 4.69) is 4.74 Å². The van der Waals surface area contributed by atoms with Crippen LogP contribution >= 0.6 is 0 Å². The first-order valence-corrected chi connectivity index (χ1v) is 8.46. The number of carbonyl (C=O) groups is 1. The van der Waals surface area contributed by atoms with Crippen molar-refractivity contribution in [3.05, 3.63) is 0 Å². The Labute approximate surface area is 113 Å². The summed E-state index contributed by atoms with van der Waals surface area (Å²) in [5, 5.41) is 9.95. The molecule has 6 nitrogen and oxygen atoms in total. The second kappa shape index (κ2) is 5.76. The summed E-state index contributed by atoms with van der Waals surface area (Å²) in [5.41, 5.74) is 0. The van der Waals surface area contributed by atoms with E-state index in [-0.39, 0.29) is 36.0 Å². The predicted molar refractivity (Wildman–Crippen MR) is 69.4 cm³/mol. The lowest BCUT2D eigenvalue weighted by molar-refractivity contribution is -0.142. The van der Waals surface area contributed by atoms with Crippen LogP contribution in [0.1, 0.15) is 25.7 Å². The number of sulfone groups is 1. The number of ether oxygens (including phenoxy) is 1. The number of hydrogen-bond acceptors (Lipinski definition) is 6. The fraction of sp³-hybridized carbons (Fsp3) is 0.917. The molecule has 0 aromatic heterocycles. The Morgan fingerprint density at radius 2 is 2.11 bits per heavy atom. The predicted octanol–water partition coefficient (Wildman–Crippen LogP) is -0.438. The number of esters is 1. The van der Waals surface area contributed by atoms with Crippen molar-refractivity contribution in [2.45, 2.75) is 43.9 Å².